The van der Waals surface area contributed by atoms with Gasteiger partial charge in [-0.15, -0.1) is 0 Å². The second-order valence-electron chi connectivity index (χ2n) is 3.04. The van der Waals surface area contributed by atoms with Gasteiger partial charge in [0, 0.05) is 14.1 Å². The maximum atomic E-state index is 10.6. The summed E-state index contributed by atoms with van der Waals surface area (Å²) < 4.78 is 0. The summed E-state index contributed by atoms with van der Waals surface area (Å²) >= 11 is 0. The second kappa shape index (κ2) is 2.53. The molecular formula is C7H12N2O2. The van der Waals surface area contributed by atoms with Gasteiger partial charge >= 0.3 is 5.97 Å². The van der Waals surface area contributed by atoms with Gasteiger partial charge in [-0.2, -0.15) is 0 Å². The third kappa shape index (κ3) is 1.69. The van der Waals surface area contributed by atoms with Crippen molar-refractivity contribution >= 4 is 12.3 Å². The van der Waals surface area contributed by atoms with E-state index in [0.717, 1.165) is 0 Å². The Bertz CT molecular complexity index is 195. The number of aliphatic imine (C=N–C) groups is 1. The summed E-state index contributed by atoms with van der Waals surface area (Å²) in [5.41, 5.74) is -0.774. The van der Waals surface area contributed by atoms with E-state index in [1.54, 1.807) is 11.2 Å². The number of hydrogen-bond acceptors (Lipinski definition) is 2. The Morgan fingerprint density at radius 3 is 2.45 bits per heavy atom. The van der Waals surface area contributed by atoms with Crippen molar-refractivity contribution in [2.24, 2.45) is 4.99 Å². The molecule has 62 valence electrons. The Balaban J connectivity index is 2.54. The lowest BCUT2D eigenvalue weighted by Crippen LogP contribution is -2.21. The highest BCUT2D eigenvalue weighted by Gasteiger charge is 2.50. The molecule has 0 aliphatic heterocycles. The average molecular weight is 156 g/mol. The second-order valence-corrected chi connectivity index (χ2v) is 3.04. The Labute approximate surface area is 65.5 Å². The van der Waals surface area contributed by atoms with E-state index in [9.17, 15) is 4.79 Å². The molecule has 0 amide bonds. The summed E-state index contributed by atoms with van der Waals surface area (Å²) in [5.74, 6) is -0.810. The molecule has 4 nitrogen and oxygen atoms in total. The summed E-state index contributed by atoms with van der Waals surface area (Å²) in [5, 5.41) is 8.68. The third-order valence-electron chi connectivity index (χ3n) is 1.66. The summed E-state index contributed by atoms with van der Waals surface area (Å²) in [7, 11) is 3.64. The first kappa shape index (κ1) is 8.04. The maximum absolute atomic E-state index is 10.6. The molecule has 11 heavy (non-hydrogen) atoms. The lowest BCUT2D eigenvalue weighted by atomic mass is 10.3. The summed E-state index contributed by atoms with van der Waals surface area (Å²) in [4.78, 5) is 16.3. The zero-order valence-corrected chi connectivity index (χ0v) is 6.74. The Kier molecular flexibility index (Phi) is 1.85. The highest BCUT2D eigenvalue weighted by atomic mass is 16.4. The number of carbonyl (C=O) groups is 1. The van der Waals surface area contributed by atoms with E-state index in [-0.39, 0.29) is 0 Å². The molecule has 0 aromatic heterocycles. The molecule has 1 rings (SSSR count). The van der Waals surface area contributed by atoms with Gasteiger partial charge in [0.2, 0.25) is 0 Å². The fraction of sp³-hybridized carbons (Fsp3) is 0.714. The minimum Gasteiger partial charge on any atom is -0.479 e. The smallest absolute Gasteiger partial charge is 0.331 e. The van der Waals surface area contributed by atoms with E-state index in [1.807, 2.05) is 14.1 Å². The van der Waals surface area contributed by atoms with Gasteiger partial charge in [-0.25, -0.2) is 4.79 Å². The van der Waals surface area contributed by atoms with Crippen LogP contribution in [0.4, 0.5) is 0 Å². The molecule has 0 bridgehead atoms. The van der Waals surface area contributed by atoms with Gasteiger partial charge in [0.15, 0.2) is 5.54 Å². The van der Waals surface area contributed by atoms with Gasteiger partial charge < -0.3 is 10.0 Å². The molecule has 0 aromatic carbocycles. The number of nitrogens with zero attached hydrogens (tertiary/aromatic N) is 2. The molecule has 1 aliphatic rings. The normalized spacial score (nSPS) is 20.2. The number of carboxylic acids is 1. The molecule has 1 N–H and O–H groups in total. The van der Waals surface area contributed by atoms with Gasteiger partial charge in [0.1, 0.15) is 0 Å². The van der Waals surface area contributed by atoms with Crippen molar-refractivity contribution in [1.82, 2.24) is 4.90 Å². The zero-order chi connectivity index (χ0) is 8.48. The Morgan fingerprint density at radius 1 is 1.64 bits per heavy atom. The molecule has 0 saturated heterocycles. The minimum absolute atomic E-state index is 0.673. The van der Waals surface area contributed by atoms with Crippen molar-refractivity contribution in [2.75, 3.05) is 14.1 Å². The van der Waals surface area contributed by atoms with Crippen molar-refractivity contribution < 1.29 is 9.90 Å². The monoisotopic (exact) mass is 156 g/mol. The van der Waals surface area contributed by atoms with Gasteiger partial charge in [0.25, 0.3) is 0 Å². The van der Waals surface area contributed by atoms with E-state index < -0.39 is 11.5 Å². The van der Waals surface area contributed by atoms with Crippen molar-refractivity contribution in [3.8, 4) is 0 Å². The van der Waals surface area contributed by atoms with Crippen LogP contribution in [0.25, 0.3) is 0 Å². The van der Waals surface area contributed by atoms with Crippen LogP contribution in [-0.4, -0.2) is 41.9 Å². The molecule has 0 spiro atoms. The highest BCUT2D eigenvalue weighted by molar-refractivity contribution is 5.84. The summed E-state index contributed by atoms with van der Waals surface area (Å²) in [6.07, 6.45) is 2.90. The van der Waals surface area contributed by atoms with Crippen molar-refractivity contribution in [1.29, 1.82) is 0 Å². The quantitative estimate of drug-likeness (QED) is 0.469. The molecular weight excluding hydrogens is 144 g/mol. The van der Waals surface area contributed by atoms with Crippen molar-refractivity contribution in [3.05, 3.63) is 0 Å². The van der Waals surface area contributed by atoms with Crippen LogP contribution >= 0.6 is 0 Å². The van der Waals surface area contributed by atoms with E-state index >= 15 is 0 Å². The zero-order valence-electron chi connectivity index (χ0n) is 6.74. The lowest BCUT2D eigenvalue weighted by molar-refractivity contribution is -0.139. The predicted molar refractivity (Wildman–Crippen MR) is 41.8 cm³/mol. The van der Waals surface area contributed by atoms with Gasteiger partial charge in [0.05, 0.1) is 6.34 Å². The number of aliphatic carboxylic acids is 1. The van der Waals surface area contributed by atoms with Crippen LogP contribution in [0.15, 0.2) is 4.99 Å². The highest BCUT2D eigenvalue weighted by Crippen LogP contribution is 2.39. The lowest BCUT2D eigenvalue weighted by Gasteiger charge is -2.06. The molecule has 1 aliphatic carbocycles. The molecule has 0 atom stereocenters. The van der Waals surface area contributed by atoms with Crippen molar-refractivity contribution in [2.45, 2.75) is 18.4 Å². The van der Waals surface area contributed by atoms with Crippen molar-refractivity contribution in [3.63, 3.8) is 0 Å². The van der Waals surface area contributed by atoms with Gasteiger partial charge in [-0.05, 0) is 12.8 Å². The number of carboxylic acid groups (broad SMARTS) is 1. The number of hydrogen-bond donors (Lipinski definition) is 1. The fourth-order valence-electron chi connectivity index (χ4n) is 0.743. The Hall–Kier alpha value is -1.06. The van der Waals surface area contributed by atoms with Gasteiger partial charge in [-0.1, -0.05) is 0 Å². The molecule has 0 heterocycles. The predicted octanol–water partition coefficient (Wildman–Crippen LogP) is 0.193. The fourth-order valence-corrected chi connectivity index (χ4v) is 0.743. The van der Waals surface area contributed by atoms with E-state index in [0.29, 0.717) is 12.8 Å². The van der Waals surface area contributed by atoms with Crippen LogP contribution in [0.3, 0.4) is 0 Å². The van der Waals surface area contributed by atoms with Crippen LogP contribution in [-0.2, 0) is 4.79 Å². The molecule has 1 saturated carbocycles. The number of rotatable bonds is 3. The van der Waals surface area contributed by atoms with E-state index in [2.05, 4.69) is 4.99 Å². The van der Waals surface area contributed by atoms with E-state index in [4.69, 9.17) is 5.11 Å². The largest absolute Gasteiger partial charge is 0.479 e. The molecule has 1 fully saturated rings. The maximum Gasteiger partial charge on any atom is 0.331 e. The van der Waals surface area contributed by atoms with E-state index in [1.165, 1.54) is 0 Å². The minimum atomic E-state index is -0.810. The van der Waals surface area contributed by atoms with Crippen LogP contribution in [0, 0.1) is 0 Å². The van der Waals surface area contributed by atoms with Gasteiger partial charge in [-0.3, -0.25) is 4.99 Å². The molecule has 0 radical (unpaired) electrons. The van der Waals surface area contributed by atoms with Crippen LogP contribution in [0.1, 0.15) is 12.8 Å². The first-order chi connectivity index (χ1) is 5.07. The molecule has 0 unspecified atom stereocenters. The average Bonchev–Trinajstić information content (AvgIpc) is 2.63. The van der Waals surface area contributed by atoms with Crippen LogP contribution < -0.4 is 0 Å². The van der Waals surface area contributed by atoms with Crippen LogP contribution in [0.2, 0.25) is 0 Å². The van der Waals surface area contributed by atoms with Crippen LogP contribution in [0.5, 0.6) is 0 Å². The first-order valence-corrected chi connectivity index (χ1v) is 3.52. The first-order valence-electron chi connectivity index (χ1n) is 3.52. The summed E-state index contributed by atoms with van der Waals surface area (Å²) in [6, 6.07) is 0. The molecule has 0 aromatic rings. The topological polar surface area (TPSA) is 52.9 Å². The molecule has 4 heteroatoms. The SMILES string of the molecule is CN(C)C=NC1(C(=O)O)CC1. The summed E-state index contributed by atoms with van der Waals surface area (Å²) in [6.45, 7) is 0. The Morgan fingerprint density at radius 2 is 2.18 bits per heavy atom. The third-order valence-corrected chi connectivity index (χ3v) is 1.66. The standard InChI is InChI=1S/C7H12N2O2/c1-9(2)5-8-7(3-4-7)6(10)11/h5H,3-4H2,1-2H3,(H,10,11).